The summed E-state index contributed by atoms with van der Waals surface area (Å²) in [5.74, 6) is -0.621. The average Bonchev–Trinajstić information content (AvgIpc) is 2.47. The summed E-state index contributed by atoms with van der Waals surface area (Å²) in [4.78, 5) is 23.0. The summed E-state index contributed by atoms with van der Waals surface area (Å²) in [7, 11) is 0. The number of nitrogens with zero attached hydrogens (tertiary/aromatic N) is 2. The Hall–Kier alpha value is -3.12. The Morgan fingerprint density at radius 3 is 2.43 bits per heavy atom. The van der Waals surface area contributed by atoms with E-state index in [1.807, 2.05) is 6.07 Å². The minimum Gasteiger partial charge on any atom is -0.389 e. The third kappa shape index (κ3) is 5.17. The minimum atomic E-state index is -0.558. The van der Waals surface area contributed by atoms with E-state index in [0.717, 1.165) is 0 Å². The Balaban J connectivity index is 2.68. The number of hydrogen-bond acceptors (Lipinski definition) is 5. The molecule has 0 bridgehead atoms. The topological polar surface area (TPSA) is 106 Å². The summed E-state index contributed by atoms with van der Waals surface area (Å²) >= 11 is 0. The normalized spacial score (nSPS) is 10.1. The van der Waals surface area contributed by atoms with Crippen molar-refractivity contribution in [2.24, 2.45) is 0 Å². The van der Waals surface area contributed by atoms with Crippen molar-refractivity contribution in [2.75, 3.05) is 11.9 Å². The van der Waals surface area contributed by atoms with E-state index in [-0.39, 0.29) is 17.8 Å². The standard InChI is InChI=1S/C15H14N4O2/c1-11(20)12-3-5-14(6-4-12)19-15(21)13(9-17)10-18-8-2-7-16/h3-6,10,18H,2,8H2,1H3,(H,19,21)/b13-10-. The Morgan fingerprint density at radius 1 is 1.24 bits per heavy atom. The van der Waals surface area contributed by atoms with Gasteiger partial charge < -0.3 is 10.6 Å². The molecule has 6 nitrogen and oxygen atoms in total. The molecule has 0 saturated carbocycles. The van der Waals surface area contributed by atoms with E-state index in [9.17, 15) is 9.59 Å². The first-order valence-corrected chi connectivity index (χ1v) is 6.21. The van der Waals surface area contributed by atoms with Crippen molar-refractivity contribution in [3.05, 3.63) is 41.6 Å². The lowest BCUT2D eigenvalue weighted by atomic mass is 10.1. The van der Waals surface area contributed by atoms with E-state index < -0.39 is 5.91 Å². The minimum absolute atomic E-state index is 0.0628. The third-order valence-electron chi connectivity index (χ3n) is 2.54. The van der Waals surface area contributed by atoms with Gasteiger partial charge in [-0.05, 0) is 31.2 Å². The number of Topliss-reactive ketones (excluding diaryl/α,β-unsaturated/α-hetero) is 1. The number of carbonyl (C=O) groups excluding carboxylic acids is 2. The maximum Gasteiger partial charge on any atom is 0.267 e. The lowest BCUT2D eigenvalue weighted by Crippen LogP contribution is -2.17. The lowest BCUT2D eigenvalue weighted by Gasteiger charge is -2.05. The van der Waals surface area contributed by atoms with Crippen molar-refractivity contribution in [1.82, 2.24) is 5.32 Å². The molecule has 0 aliphatic rings. The van der Waals surface area contributed by atoms with Gasteiger partial charge >= 0.3 is 0 Å². The van der Waals surface area contributed by atoms with Gasteiger partial charge in [-0.15, -0.1) is 0 Å². The zero-order chi connectivity index (χ0) is 15.7. The van der Waals surface area contributed by atoms with Crippen molar-refractivity contribution < 1.29 is 9.59 Å². The number of anilines is 1. The van der Waals surface area contributed by atoms with Gasteiger partial charge in [-0.25, -0.2) is 0 Å². The van der Waals surface area contributed by atoms with E-state index >= 15 is 0 Å². The van der Waals surface area contributed by atoms with Crippen LogP contribution in [0.15, 0.2) is 36.0 Å². The van der Waals surface area contributed by atoms with Crippen molar-refractivity contribution >= 4 is 17.4 Å². The fourth-order valence-electron chi connectivity index (χ4n) is 1.44. The Kier molecular flexibility index (Phi) is 6.17. The van der Waals surface area contributed by atoms with Crippen LogP contribution in [0.4, 0.5) is 5.69 Å². The molecule has 106 valence electrons. The molecule has 1 aromatic rings. The molecule has 1 amide bonds. The van der Waals surface area contributed by atoms with Gasteiger partial charge in [-0.2, -0.15) is 10.5 Å². The molecular formula is C15H14N4O2. The van der Waals surface area contributed by atoms with Crippen LogP contribution in [0, 0.1) is 22.7 Å². The molecule has 0 radical (unpaired) electrons. The summed E-state index contributed by atoms with van der Waals surface area (Å²) in [5, 5.41) is 22.6. The average molecular weight is 282 g/mol. The van der Waals surface area contributed by atoms with Crippen LogP contribution in [0.5, 0.6) is 0 Å². The molecule has 6 heteroatoms. The number of benzene rings is 1. The smallest absolute Gasteiger partial charge is 0.267 e. The maximum atomic E-state index is 11.9. The van der Waals surface area contributed by atoms with Crippen LogP contribution in [-0.2, 0) is 4.79 Å². The molecule has 0 aromatic heterocycles. The summed E-state index contributed by atoms with van der Waals surface area (Å²) < 4.78 is 0. The van der Waals surface area contributed by atoms with E-state index in [2.05, 4.69) is 10.6 Å². The van der Waals surface area contributed by atoms with Crippen LogP contribution >= 0.6 is 0 Å². The van der Waals surface area contributed by atoms with Crippen molar-refractivity contribution in [2.45, 2.75) is 13.3 Å². The number of carbonyl (C=O) groups is 2. The second-order valence-corrected chi connectivity index (χ2v) is 4.12. The number of hydrogen-bond donors (Lipinski definition) is 2. The zero-order valence-corrected chi connectivity index (χ0v) is 11.5. The third-order valence-corrected chi connectivity index (χ3v) is 2.54. The highest BCUT2D eigenvalue weighted by molar-refractivity contribution is 6.06. The fraction of sp³-hybridized carbons (Fsp3) is 0.200. The monoisotopic (exact) mass is 282 g/mol. The molecule has 0 aliphatic carbocycles. The van der Waals surface area contributed by atoms with Crippen molar-refractivity contribution in [3.8, 4) is 12.1 Å². The van der Waals surface area contributed by atoms with Gasteiger partial charge in [0.15, 0.2) is 5.78 Å². The van der Waals surface area contributed by atoms with E-state index in [0.29, 0.717) is 17.8 Å². The van der Waals surface area contributed by atoms with Crippen LogP contribution in [-0.4, -0.2) is 18.2 Å². The van der Waals surface area contributed by atoms with E-state index in [1.165, 1.54) is 13.1 Å². The van der Waals surface area contributed by atoms with Crippen LogP contribution in [0.3, 0.4) is 0 Å². The van der Waals surface area contributed by atoms with Crippen molar-refractivity contribution in [1.29, 1.82) is 10.5 Å². The second kappa shape index (κ2) is 8.13. The van der Waals surface area contributed by atoms with Gasteiger partial charge in [0.1, 0.15) is 11.6 Å². The van der Waals surface area contributed by atoms with Crippen molar-refractivity contribution in [3.63, 3.8) is 0 Å². The highest BCUT2D eigenvalue weighted by atomic mass is 16.1. The molecule has 1 rings (SSSR count). The highest BCUT2D eigenvalue weighted by Gasteiger charge is 2.09. The molecule has 0 atom stereocenters. The van der Waals surface area contributed by atoms with E-state index in [1.54, 1.807) is 30.3 Å². The van der Waals surface area contributed by atoms with Gasteiger partial charge in [0.2, 0.25) is 0 Å². The largest absolute Gasteiger partial charge is 0.389 e. The molecule has 0 aliphatic heterocycles. The quantitative estimate of drug-likeness (QED) is 0.358. The SMILES string of the molecule is CC(=O)c1ccc(NC(=O)/C(C#N)=C\NCCC#N)cc1. The molecule has 21 heavy (non-hydrogen) atoms. The Labute approximate surface area is 122 Å². The molecule has 1 aromatic carbocycles. The number of nitrogens with one attached hydrogen (secondary N) is 2. The Bertz CT molecular complexity index is 633. The lowest BCUT2D eigenvalue weighted by molar-refractivity contribution is -0.112. The Morgan fingerprint density at radius 2 is 1.90 bits per heavy atom. The molecule has 0 saturated heterocycles. The first-order valence-electron chi connectivity index (χ1n) is 6.21. The van der Waals surface area contributed by atoms with Crippen LogP contribution in [0.1, 0.15) is 23.7 Å². The second-order valence-electron chi connectivity index (χ2n) is 4.12. The maximum absolute atomic E-state index is 11.9. The first-order chi connectivity index (χ1) is 10.1. The first kappa shape index (κ1) is 15.9. The molecule has 0 heterocycles. The molecule has 0 unspecified atom stereocenters. The predicted molar refractivity (Wildman–Crippen MR) is 77.0 cm³/mol. The predicted octanol–water partition coefficient (Wildman–Crippen LogP) is 1.74. The van der Waals surface area contributed by atoms with Crippen LogP contribution < -0.4 is 10.6 Å². The van der Waals surface area contributed by atoms with Gasteiger partial charge in [0, 0.05) is 24.0 Å². The molecule has 2 N–H and O–H groups in total. The summed E-state index contributed by atoms with van der Waals surface area (Å²) in [5.41, 5.74) is 0.939. The number of rotatable bonds is 6. The highest BCUT2D eigenvalue weighted by Crippen LogP contribution is 2.11. The molecule has 0 fully saturated rings. The number of nitriles is 2. The zero-order valence-electron chi connectivity index (χ0n) is 11.5. The molecule has 0 spiro atoms. The molecular weight excluding hydrogens is 268 g/mol. The summed E-state index contributed by atoms with van der Waals surface area (Å²) in [6.07, 6.45) is 1.56. The summed E-state index contributed by atoms with van der Waals surface area (Å²) in [6, 6.07) is 10.1. The fourth-order valence-corrected chi connectivity index (χ4v) is 1.44. The van der Waals surface area contributed by atoms with Gasteiger partial charge in [-0.1, -0.05) is 0 Å². The van der Waals surface area contributed by atoms with Crippen LogP contribution in [0.25, 0.3) is 0 Å². The van der Waals surface area contributed by atoms with Gasteiger partial charge in [-0.3, -0.25) is 9.59 Å². The summed E-state index contributed by atoms with van der Waals surface area (Å²) in [6.45, 7) is 1.82. The van der Waals surface area contributed by atoms with Crippen LogP contribution in [0.2, 0.25) is 0 Å². The van der Waals surface area contributed by atoms with E-state index in [4.69, 9.17) is 10.5 Å². The number of amides is 1. The van der Waals surface area contributed by atoms with Gasteiger partial charge in [0.05, 0.1) is 12.5 Å². The van der Waals surface area contributed by atoms with Gasteiger partial charge in [0.25, 0.3) is 5.91 Å². The number of ketones is 1.